The zero-order valence-electron chi connectivity index (χ0n) is 14.7. The Labute approximate surface area is 153 Å². The average molecular weight is 359 g/mol. The number of thiophene rings is 1. The summed E-state index contributed by atoms with van der Waals surface area (Å²) in [4.78, 5) is 5.55. The van der Waals surface area contributed by atoms with Crippen LogP contribution in [-0.2, 0) is 11.3 Å². The monoisotopic (exact) mass is 359 g/mol. The minimum Gasteiger partial charge on any atom is -0.497 e. The van der Waals surface area contributed by atoms with Crippen molar-refractivity contribution in [3.8, 4) is 16.9 Å². The third-order valence-electron chi connectivity index (χ3n) is 4.25. The maximum atomic E-state index is 5.63. The van der Waals surface area contributed by atoms with E-state index in [2.05, 4.69) is 39.2 Å². The summed E-state index contributed by atoms with van der Waals surface area (Å²) in [5.41, 5.74) is 2.43. The third kappa shape index (κ3) is 4.96. The SMILES string of the molecule is CN=C(NCc1cc(-c2ccc(OC)cc2)cs1)NCC1CCCO1. The van der Waals surface area contributed by atoms with Crippen LogP contribution in [0, 0.1) is 0 Å². The lowest BCUT2D eigenvalue weighted by atomic mass is 10.1. The van der Waals surface area contributed by atoms with Crippen LogP contribution < -0.4 is 15.4 Å². The van der Waals surface area contributed by atoms with Crippen molar-refractivity contribution in [2.75, 3.05) is 27.3 Å². The van der Waals surface area contributed by atoms with E-state index < -0.39 is 0 Å². The lowest BCUT2D eigenvalue weighted by Crippen LogP contribution is -2.40. The molecule has 2 heterocycles. The van der Waals surface area contributed by atoms with E-state index in [-0.39, 0.29) is 0 Å². The van der Waals surface area contributed by atoms with Gasteiger partial charge in [-0.2, -0.15) is 0 Å². The molecule has 134 valence electrons. The molecule has 1 fully saturated rings. The van der Waals surface area contributed by atoms with Crippen LogP contribution in [-0.4, -0.2) is 39.4 Å². The summed E-state index contributed by atoms with van der Waals surface area (Å²) in [6.07, 6.45) is 2.59. The first-order valence-electron chi connectivity index (χ1n) is 8.56. The van der Waals surface area contributed by atoms with E-state index in [1.807, 2.05) is 12.1 Å². The number of ether oxygens (including phenoxy) is 2. The predicted octanol–water partition coefficient (Wildman–Crippen LogP) is 3.27. The lowest BCUT2D eigenvalue weighted by molar-refractivity contribution is 0.114. The van der Waals surface area contributed by atoms with Crippen molar-refractivity contribution in [1.29, 1.82) is 0 Å². The second-order valence-electron chi connectivity index (χ2n) is 5.97. The van der Waals surface area contributed by atoms with Crippen LogP contribution in [0.1, 0.15) is 17.7 Å². The molecule has 0 bridgehead atoms. The molecule has 1 atom stereocenters. The van der Waals surface area contributed by atoms with Crippen LogP contribution in [0.3, 0.4) is 0 Å². The Morgan fingerprint density at radius 2 is 2.12 bits per heavy atom. The van der Waals surface area contributed by atoms with Gasteiger partial charge in [0.2, 0.25) is 0 Å². The van der Waals surface area contributed by atoms with Crippen molar-refractivity contribution < 1.29 is 9.47 Å². The van der Waals surface area contributed by atoms with E-state index >= 15 is 0 Å². The number of rotatable bonds is 6. The maximum absolute atomic E-state index is 5.63. The summed E-state index contributed by atoms with van der Waals surface area (Å²) in [5.74, 6) is 1.69. The molecule has 0 aliphatic carbocycles. The fourth-order valence-corrected chi connectivity index (χ4v) is 3.65. The topological polar surface area (TPSA) is 54.9 Å². The normalized spacial score (nSPS) is 17.5. The second kappa shape index (κ2) is 8.87. The molecule has 1 aromatic carbocycles. The molecular formula is C19H25N3O2S. The van der Waals surface area contributed by atoms with Crippen molar-refractivity contribution in [3.05, 3.63) is 40.6 Å². The number of benzene rings is 1. The summed E-state index contributed by atoms with van der Waals surface area (Å²) in [7, 11) is 3.48. The van der Waals surface area contributed by atoms with Crippen LogP contribution in [0.5, 0.6) is 5.75 Å². The van der Waals surface area contributed by atoms with Gasteiger partial charge in [0.05, 0.1) is 19.8 Å². The zero-order valence-corrected chi connectivity index (χ0v) is 15.6. The summed E-state index contributed by atoms with van der Waals surface area (Å²) in [6, 6.07) is 10.4. The number of hydrogen-bond acceptors (Lipinski definition) is 4. The fraction of sp³-hybridized carbons (Fsp3) is 0.421. The Balaban J connectivity index is 1.51. The lowest BCUT2D eigenvalue weighted by Gasteiger charge is -2.14. The highest BCUT2D eigenvalue weighted by molar-refractivity contribution is 7.10. The molecule has 1 aromatic heterocycles. The molecule has 0 saturated carbocycles. The van der Waals surface area contributed by atoms with Crippen molar-refractivity contribution in [1.82, 2.24) is 10.6 Å². The molecule has 1 aliphatic rings. The zero-order chi connectivity index (χ0) is 17.5. The van der Waals surface area contributed by atoms with Gasteiger partial charge in [-0.15, -0.1) is 11.3 Å². The van der Waals surface area contributed by atoms with E-state index in [1.54, 1.807) is 25.5 Å². The average Bonchev–Trinajstić information content (AvgIpc) is 3.34. The predicted molar refractivity (Wildman–Crippen MR) is 103 cm³/mol. The Morgan fingerprint density at radius 3 is 2.80 bits per heavy atom. The molecule has 5 nitrogen and oxygen atoms in total. The van der Waals surface area contributed by atoms with Gasteiger partial charge < -0.3 is 20.1 Å². The Kier molecular flexibility index (Phi) is 6.30. The molecule has 1 aliphatic heterocycles. The molecule has 0 amide bonds. The van der Waals surface area contributed by atoms with Crippen molar-refractivity contribution in [2.24, 2.45) is 4.99 Å². The third-order valence-corrected chi connectivity index (χ3v) is 5.19. The molecule has 1 unspecified atom stereocenters. The van der Waals surface area contributed by atoms with Gasteiger partial charge in [-0.25, -0.2) is 0 Å². The number of hydrogen-bond donors (Lipinski definition) is 2. The van der Waals surface area contributed by atoms with E-state index in [0.717, 1.165) is 44.2 Å². The fourth-order valence-electron chi connectivity index (χ4n) is 2.82. The van der Waals surface area contributed by atoms with Crippen molar-refractivity contribution in [2.45, 2.75) is 25.5 Å². The standard InChI is InChI=1S/C19H25N3O2S/c1-20-19(21-11-17-4-3-9-24-17)22-12-18-10-15(13-25-18)14-5-7-16(23-2)8-6-14/h5-8,10,13,17H,3-4,9,11-12H2,1-2H3,(H2,20,21,22). The van der Waals surface area contributed by atoms with Crippen molar-refractivity contribution in [3.63, 3.8) is 0 Å². The summed E-state index contributed by atoms with van der Waals surface area (Å²) in [5, 5.41) is 8.89. The second-order valence-corrected chi connectivity index (χ2v) is 6.97. The molecule has 25 heavy (non-hydrogen) atoms. The Morgan fingerprint density at radius 1 is 1.28 bits per heavy atom. The van der Waals surface area contributed by atoms with Crippen LogP contribution in [0.4, 0.5) is 0 Å². The van der Waals surface area contributed by atoms with Gasteiger partial charge in [0, 0.05) is 25.1 Å². The number of nitrogens with zero attached hydrogens (tertiary/aromatic N) is 1. The van der Waals surface area contributed by atoms with Crippen LogP contribution >= 0.6 is 11.3 Å². The van der Waals surface area contributed by atoms with E-state index in [1.165, 1.54) is 16.0 Å². The van der Waals surface area contributed by atoms with Crippen LogP contribution in [0.2, 0.25) is 0 Å². The summed E-state index contributed by atoms with van der Waals surface area (Å²) >= 11 is 1.75. The largest absolute Gasteiger partial charge is 0.497 e. The van der Waals surface area contributed by atoms with E-state index in [0.29, 0.717) is 6.10 Å². The molecule has 2 N–H and O–H groups in total. The molecule has 6 heteroatoms. The smallest absolute Gasteiger partial charge is 0.191 e. The number of aliphatic imine (C=N–C) groups is 1. The number of methoxy groups -OCH3 is 1. The Hall–Kier alpha value is -2.05. The van der Waals surface area contributed by atoms with Gasteiger partial charge in [-0.1, -0.05) is 12.1 Å². The van der Waals surface area contributed by atoms with Gasteiger partial charge >= 0.3 is 0 Å². The van der Waals surface area contributed by atoms with E-state index in [4.69, 9.17) is 9.47 Å². The molecule has 3 rings (SSSR count). The summed E-state index contributed by atoms with van der Waals surface area (Å²) < 4.78 is 10.8. The van der Waals surface area contributed by atoms with Crippen molar-refractivity contribution >= 4 is 17.3 Å². The van der Waals surface area contributed by atoms with E-state index in [9.17, 15) is 0 Å². The highest BCUT2D eigenvalue weighted by Crippen LogP contribution is 2.27. The van der Waals surface area contributed by atoms with Gasteiger partial charge in [0.25, 0.3) is 0 Å². The van der Waals surface area contributed by atoms with Crippen LogP contribution in [0.25, 0.3) is 11.1 Å². The highest BCUT2D eigenvalue weighted by Gasteiger charge is 2.15. The minimum atomic E-state index is 0.307. The van der Waals surface area contributed by atoms with Gasteiger partial charge in [0.15, 0.2) is 5.96 Å². The Bertz CT molecular complexity index is 691. The highest BCUT2D eigenvalue weighted by atomic mass is 32.1. The summed E-state index contributed by atoms with van der Waals surface area (Å²) in [6.45, 7) is 2.44. The van der Waals surface area contributed by atoms with Crippen LogP contribution in [0.15, 0.2) is 40.7 Å². The number of guanidine groups is 1. The minimum absolute atomic E-state index is 0.307. The molecule has 2 aromatic rings. The number of nitrogens with one attached hydrogen (secondary N) is 2. The molecule has 0 spiro atoms. The molecule has 0 radical (unpaired) electrons. The quantitative estimate of drug-likeness (QED) is 0.614. The first kappa shape index (κ1) is 17.8. The maximum Gasteiger partial charge on any atom is 0.191 e. The van der Waals surface area contributed by atoms with Gasteiger partial charge in [-0.3, -0.25) is 4.99 Å². The van der Waals surface area contributed by atoms with Gasteiger partial charge in [-0.05, 0) is 47.5 Å². The molecule has 1 saturated heterocycles. The first-order chi connectivity index (χ1) is 12.3. The first-order valence-corrected chi connectivity index (χ1v) is 9.44. The molecular weight excluding hydrogens is 334 g/mol. The van der Waals surface area contributed by atoms with Gasteiger partial charge in [0.1, 0.15) is 5.75 Å².